The maximum Gasteiger partial charge on any atom is 0.168 e. The predicted octanol–water partition coefficient (Wildman–Crippen LogP) is 2.42. The van der Waals surface area contributed by atoms with Gasteiger partial charge in [0.2, 0.25) is 0 Å². The number of ether oxygens (including phenoxy) is 3. The standard InChI is InChI=1S/C16H22O4/c17-12-15(13-4-2-1-3-5-13)20-14-6-8-16(9-7-14)18-10-11-19-16/h1-5,14-15,17H,6-12H2. The summed E-state index contributed by atoms with van der Waals surface area (Å²) in [5.41, 5.74) is 1.03. The Labute approximate surface area is 119 Å². The molecule has 1 spiro atoms. The predicted molar refractivity (Wildman–Crippen MR) is 74.2 cm³/mol. The first kappa shape index (κ1) is 14.0. The molecule has 1 unspecified atom stereocenters. The lowest BCUT2D eigenvalue weighted by Gasteiger charge is -2.36. The molecule has 1 aromatic carbocycles. The Bertz CT molecular complexity index is 404. The molecular weight excluding hydrogens is 256 g/mol. The van der Waals surface area contributed by atoms with Crippen LogP contribution in [-0.2, 0) is 14.2 Å². The van der Waals surface area contributed by atoms with Crippen LogP contribution in [0.2, 0.25) is 0 Å². The van der Waals surface area contributed by atoms with E-state index in [0.29, 0.717) is 13.2 Å². The van der Waals surface area contributed by atoms with Crippen molar-refractivity contribution in [3.63, 3.8) is 0 Å². The lowest BCUT2D eigenvalue weighted by molar-refractivity contribution is -0.197. The van der Waals surface area contributed by atoms with Crippen LogP contribution in [0.1, 0.15) is 37.4 Å². The summed E-state index contributed by atoms with van der Waals surface area (Å²) in [5, 5.41) is 9.54. The first-order valence-corrected chi connectivity index (χ1v) is 7.40. The Kier molecular flexibility index (Phi) is 4.36. The van der Waals surface area contributed by atoms with Gasteiger partial charge in [0.25, 0.3) is 0 Å². The average Bonchev–Trinajstić information content (AvgIpc) is 2.96. The number of rotatable bonds is 4. The van der Waals surface area contributed by atoms with Gasteiger partial charge in [-0.15, -0.1) is 0 Å². The first-order chi connectivity index (χ1) is 9.81. The van der Waals surface area contributed by atoms with Crippen LogP contribution in [0.25, 0.3) is 0 Å². The quantitative estimate of drug-likeness (QED) is 0.919. The topological polar surface area (TPSA) is 47.9 Å². The second-order valence-electron chi connectivity index (χ2n) is 5.52. The van der Waals surface area contributed by atoms with E-state index in [0.717, 1.165) is 31.2 Å². The number of aliphatic hydroxyl groups is 1. The van der Waals surface area contributed by atoms with Gasteiger partial charge in [0.1, 0.15) is 6.10 Å². The maximum absolute atomic E-state index is 9.54. The number of hydrogen-bond donors (Lipinski definition) is 1. The van der Waals surface area contributed by atoms with Crippen LogP contribution in [0.4, 0.5) is 0 Å². The second kappa shape index (κ2) is 6.22. The third kappa shape index (κ3) is 3.04. The molecule has 3 rings (SSSR count). The van der Waals surface area contributed by atoms with Crippen molar-refractivity contribution in [3.8, 4) is 0 Å². The molecule has 4 heteroatoms. The van der Waals surface area contributed by atoms with E-state index < -0.39 is 0 Å². The zero-order valence-electron chi connectivity index (χ0n) is 11.7. The smallest absolute Gasteiger partial charge is 0.168 e. The molecule has 0 amide bonds. The summed E-state index contributed by atoms with van der Waals surface area (Å²) < 4.78 is 17.5. The van der Waals surface area contributed by atoms with Crippen molar-refractivity contribution < 1.29 is 19.3 Å². The molecule has 4 nitrogen and oxygen atoms in total. The average molecular weight is 278 g/mol. The molecule has 1 atom stereocenters. The lowest BCUT2D eigenvalue weighted by atomic mass is 9.91. The van der Waals surface area contributed by atoms with Gasteiger partial charge < -0.3 is 19.3 Å². The highest BCUT2D eigenvalue weighted by molar-refractivity contribution is 5.17. The zero-order valence-corrected chi connectivity index (χ0v) is 11.7. The fourth-order valence-electron chi connectivity index (χ4n) is 3.08. The lowest BCUT2D eigenvalue weighted by Crippen LogP contribution is -2.38. The Morgan fingerprint density at radius 3 is 2.40 bits per heavy atom. The van der Waals surface area contributed by atoms with Crippen molar-refractivity contribution >= 4 is 0 Å². The number of hydrogen-bond acceptors (Lipinski definition) is 4. The summed E-state index contributed by atoms with van der Waals surface area (Å²) in [6.45, 7) is 1.42. The molecular formula is C16H22O4. The van der Waals surface area contributed by atoms with E-state index in [1.807, 2.05) is 30.3 Å². The maximum atomic E-state index is 9.54. The monoisotopic (exact) mass is 278 g/mol. The van der Waals surface area contributed by atoms with E-state index in [1.165, 1.54) is 0 Å². The minimum atomic E-state index is -0.346. The van der Waals surface area contributed by atoms with E-state index in [9.17, 15) is 5.11 Å². The molecule has 110 valence electrons. The summed E-state index contributed by atoms with van der Waals surface area (Å²) in [7, 11) is 0. The van der Waals surface area contributed by atoms with E-state index in [2.05, 4.69) is 0 Å². The van der Waals surface area contributed by atoms with Crippen LogP contribution in [0.5, 0.6) is 0 Å². The minimum Gasteiger partial charge on any atom is -0.393 e. The van der Waals surface area contributed by atoms with Gasteiger partial charge in [-0.3, -0.25) is 0 Å². The Morgan fingerprint density at radius 2 is 1.80 bits per heavy atom. The normalized spacial score (nSPS) is 24.1. The van der Waals surface area contributed by atoms with Gasteiger partial charge in [-0.1, -0.05) is 30.3 Å². The summed E-state index contributed by atoms with van der Waals surface area (Å²) in [6, 6.07) is 9.90. The van der Waals surface area contributed by atoms with Gasteiger partial charge in [-0.25, -0.2) is 0 Å². The summed E-state index contributed by atoms with van der Waals surface area (Å²) >= 11 is 0. The number of benzene rings is 1. The van der Waals surface area contributed by atoms with Crippen molar-refractivity contribution in [1.82, 2.24) is 0 Å². The van der Waals surface area contributed by atoms with Crippen molar-refractivity contribution in [2.75, 3.05) is 19.8 Å². The fourth-order valence-corrected chi connectivity index (χ4v) is 3.08. The zero-order chi connectivity index (χ0) is 13.8. The molecule has 1 saturated carbocycles. The largest absolute Gasteiger partial charge is 0.393 e. The molecule has 1 saturated heterocycles. The molecule has 1 aromatic rings. The highest BCUT2D eigenvalue weighted by atomic mass is 16.7. The Hall–Kier alpha value is -0.940. The molecule has 0 aromatic heterocycles. The van der Waals surface area contributed by atoms with E-state index in [4.69, 9.17) is 14.2 Å². The molecule has 2 aliphatic rings. The van der Waals surface area contributed by atoms with Crippen LogP contribution in [0.15, 0.2) is 30.3 Å². The van der Waals surface area contributed by atoms with Crippen molar-refractivity contribution in [1.29, 1.82) is 0 Å². The van der Waals surface area contributed by atoms with Crippen LogP contribution < -0.4 is 0 Å². The highest BCUT2D eigenvalue weighted by Gasteiger charge is 2.41. The molecule has 0 bridgehead atoms. The van der Waals surface area contributed by atoms with Gasteiger partial charge >= 0.3 is 0 Å². The van der Waals surface area contributed by atoms with Crippen molar-refractivity contribution in [2.24, 2.45) is 0 Å². The van der Waals surface area contributed by atoms with Crippen molar-refractivity contribution in [3.05, 3.63) is 35.9 Å². The van der Waals surface area contributed by atoms with Gasteiger partial charge in [-0.2, -0.15) is 0 Å². The van der Waals surface area contributed by atoms with Crippen LogP contribution >= 0.6 is 0 Å². The molecule has 20 heavy (non-hydrogen) atoms. The van der Waals surface area contributed by atoms with E-state index in [1.54, 1.807) is 0 Å². The van der Waals surface area contributed by atoms with Crippen LogP contribution in [0.3, 0.4) is 0 Å². The van der Waals surface area contributed by atoms with Gasteiger partial charge in [0, 0.05) is 12.8 Å². The minimum absolute atomic E-state index is 0.0126. The Balaban J connectivity index is 1.55. The van der Waals surface area contributed by atoms with Crippen LogP contribution in [0, 0.1) is 0 Å². The fraction of sp³-hybridized carbons (Fsp3) is 0.625. The highest BCUT2D eigenvalue weighted by Crippen LogP contribution is 2.38. The molecule has 0 radical (unpaired) electrons. The SMILES string of the molecule is OCC(OC1CCC2(CC1)OCCO2)c1ccccc1. The molecule has 1 aliphatic carbocycles. The molecule has 1 heterocycles. The van der Waals surface area contributed by atoms with Gasteiger partial charge in [0.15, 0.2) is 5.79 Å². The third-order valence-corrected chi connectivity index (χ3v) is 4.20. The van der Waals surface area contributed by atoms with Gasteiger partial charge in [0.05, 0.1) is 25.9 Å². The summed E-state index contributed by atoms with van der Waals surface area (Å²) in [5.74, 6) is -0.346. The number of aliphatic hydroxyl groups excluding tert-OH is 1. The Morgan fingerprint density at radius 1 is 1.15 bits per heavy atom. The molecule has 1 aliphatic heterocycles. The van der Waals surface area contributed by atoms with Gasteiger partial charge in [-0.05, 0) is 18.4 Å². The summed E-state index contributed by atoms with van der Waals surface area (Å²) in [4.78, 5) is 0. The van der Waals surface area contributed by atoms with Crippen molar-refractivity contribution in [2.45, 2.75) is 43.7 Å². The first-order valence-electron chi connectivity index (χ1n) is 7.40. The van der Waals surface area contributed by atoms with E-state index in [-0.39, 0.29) is 24.6 Å². The second-order valence-corrected chi connectivity index (χ2v) is 5.52. The molecule has 2 fully saturated rings. The third-order valence-electron chi connectivity index (χ3n) is 4.20. The summed E-state index contributed by atoms with van der Waals surface area (Å²) in [6.07, 6.45) is 3.54. The van der Waals surface area contributed by atoms with Crippen LogP contribution in [-0.4, -0.2) is 36.8 Å². The van der Waals surface area contributed by atoms with E-state index >= 15 is 0 Å². The molecule has 1 N–H and O–H groups in total.